The third kappa shape index (κ3) is 2.78. The summed E-state index contributed by atoms with van der Waals surface area (Å²) in [5.74, 6) is -0.127. The molecule has 2 heterocycles. The van der Waals surface area contributed by atoms with Crippen LogP contribution in [-0.2, 0) is 16.3 Å². The van der Waals surface area contributed by atoms with Crippen molar-refractivity contribution in [1.29, 1.82) is 0 Å². The average molecular weight is 336 g/mol. The number of benzene rings is 1. The van der Waals surface area contributed by atoms with Crippen LogP contribution in [-0.4, -0.2) is 32.1 Å². The second-order valence-corrected chi connectivity index (χ2v) is 8.45. The molecule has 7 heteroatoms. The summed E-state index contributed by atoms with van der Waals surface area (Å²) in [5.41, 5.74) is 2.13. The molecular weight excluding hydrogens is 320 g/mol. The number of carbonyl (C=O) groups excluding carboxylic acids is 1. The van der Waals surface area contributed by atoms with Crippen molar-refractivity contribution >= 4 is 32.8 Å². The van der Waals surface area contributed by atoms with Gasteiger partial charge in [0.2, 0.25) is 0 Å². The minimum atomic E-state index is -3.24. The van der Waals surface area contributed by atoms with E-state index in [0.29, 0.717) is 17.1 Å². The van der Waals surface area contributed by atoms with Crippen molar-refractivity contribution in [2.75, 3.05) is 17.7 Å². The number of aromatic nitrogens is 1. The lowest BCUT2D eigenvalue weighted by molar-refractivity contribution is 0.0981. The molecule has 1 aliphatic rings. The third-order valence-corrected chi connectivity index (χ3v) is 5.56. The number of sulfone groups is 1. The lowest BCUT2D eigenvalue weighted by atomic mass is 10.0. The van der Waals surface area contributed by atoms with E-state index in [2.05, 4.69) is 4.98 Å². The Hall–Kier alpha value is -1.73. The second kappa shape index (κ2) is 5.48. The molecule has 0 aliphatic carbocycles. The number of thiazole rings is 1. The minimum Gasteiger partial charge on any atom is -0.307 e. The summed E-state index contributed by atoms with van der Waals surface area (Å²) in [7, 11) is -3.24. The van der Waals surface area contributed by atoms with Crippen LogP contribution in [0, 0.1) is 6.92 Å². The zero-order chi connectivity index (χ0) is 15.9. The Labute approximate surface area is 133 Å². The monoisotopic (exact) mass is 336 g/mol. The second-order valence-electron chi connectivity index (χ2n) is 5.37. The molecule has 1 aliphatic heterocycles. The number of carbonyl (C=O) groups is 1. The molecular formula is C15H16N2O3S2. The quantitative estimate of drug-likeness (QED) is 0.845. The number of hydrogen-bond acceptors (Lipinski definition) is 5. The predicted octanol–water partition coefficient (Wildman–Crippen LogP) is 2.45. The van der Waals surface area contributed by atoms with Gasteiger partial charge in [-0.1, -0.05) is 0 Å². The van der Waals surface area contributed by atoms with E-state index in [9.17, 15) is 13.2 Å². The summed E-state index contributed by atoms with van der Waals surface area (Å²) >= 11 is 1.45. The summed E-state index contributed by atoms with van der Waals surface area (Å²) in [6, 6.07) is 4.96. The number of nitrogens with zero attached hydrogens (tertiary/aromatic N) is 2. The highest BCUT2D eigenvalue weighted by molar-refractivity contribution is 7.90. The number of amides is 1. The topological polar surface area (TPSA) is 67.3 Å². The van der Waals surface area contributed by atoms with Crippen LogP contribution in [0.1, 0.15) is 27.5 Å². The van der Waals surface area contributed by atoms with Crippen molar-refractivity contribution in [2.24, 2.45) is 0 Å². The summed E-state index contributed by atoms with van der Waals surface area (Å²) in [6.07, 6.45) is 2.78. The predicted molar refractivity (Wildman–Crippen MR) is 86.4 cm³/mol. The van der Waals surface area contributed by atoms with Crippen molar-refractivity contribution in [3.63, 3.8) is 0 Å². The molecule has 0 spiro atoms. The largest absolute Gasteiger partial charge is 0.307 e. The highest BCUT2D eigenvalue weighted by Crippen LogP contribution is 2.30. The van der Waals surface area contributed by atoms with Crippen LogP contribution in [0.3, 0.4) is 0 Å². The van der Waals surface area contributed by atoms with Gasteiger partial charge >= 0.3 is 0 Å². The Balaban J connectivity index is 2.00. The highest BCUT2D eigenvalue weighted by Gasteiger charge is 2.26. The van der Waals surface area contributed by atoms with Gasteiger partial charge in [-0.2, -0.15) is 0 Å². The van der Waals surface area contributed by atoms with Crippen molar-refractivity contribution in [3.05, 3.63) is 39.8 Å². The molecule has 22 heavy (non-hydrogen) atoms. The van der Waals surface area contributed by atoms with Gasteiger partial charge in [0.05, 0.1) is 9.90 Å². The van der Waals surface area contributed by atoms with Gasteiger partial charge in [0.1, 0.15) is 5.69 Å². The summed E-state index contributed by atoms with van der Waals surface area (Å²) < 4.78 is 23.3. The Bertz CT molecular complexity index is 840. The molecule has 5 nitrogen and oxygen atoms in total. The van der Waals surface area contributed by atoms with E-state index < -0.39 is 9.84 Å². The van der Waals surface area contributed by atoms with E-state index in [1.165, 1.54) is 17.6 Å². The molecule has 0 radical (unpaired) electrons. The Kier molecular flexibility index (Phi) is 3.78. The zero-order valence-corrected chi connectivity index (χ0v) is 14.0. The van der Waals surface area contributed by atoms with Crippen molar-refractivity contribution in [1.82, 2.24) is 4.98 Å². The Morgan fingerprint density at radius 1 is 1.36 bits per heavy atom. The lowest BCUT2D eigenvalue weighted by Gasteiger charge is -2.29. The number of rotatable bonds is 2. The van der Waals surface area contributed by atoms with Gasteiger partial charge in [-0.05, 0) is 43.5 Å². The first-order valence-corrected chi connectivity index (χ1v) is 9.70. The van der Waals surface area contributed by atoms with Crippen LogP contribution in [0.2, 0.25) is 0 Å². The Morgan fingerprint density at radius 2 is 2.14 bits per heavy atom. The number of hydrogen-bond donors (Lipinski definition) is 0. The molecule has 0 fully saturated rings. The fraction of sp³-hybridized carbons (Fsp3) is 0.333. The fourth-order valence-corrected chi connectivity index (χ4v) is 3.87. The first-order valence-electron chi connectivity index (χ1n) is 6.93. The molecule has 0 saturated carbocycles. The van der Waals surface area contributed by atoms with E-state index in [1.807, 2.05) is 6.92 Å². The van der Waals surface area contributed by atoms with Gasteiger partial charge in [0.15, 0.2) is 9.84 Å². The summed E-state index contributed by atoms with van der Waals surface area (Å²) in [5, 5.41) is 2.62. The molecule has 116 valence electrons. The van der Waals surface area contributed by atoms with Crippen LogP contribution in [0.15, 0.2) is 28.5 Å². The Morgan fingerprint density at radius 3 is 2.77 bits per heavy atom. The van der Waals surface area contributed by atoms with Crippen LogP contribution in [0.25, 0.3) is 0 Å². The number of fused-ring (bicyclic) bond motifs is 1. The first-order chi connectivity index (χ1) is 10.4. The SMILES string of the molecule is Cc1nc(C(=O)N2CCCc3cc(S(C)(=O)=O)ccc32)cs1. The minimum absolute atomic E-state index is 0.127. The maximum atomic E-state index is 12.6. The molecule has 0 unspecified atom stereocenters. The number of anilines is 1. The number of aryl methyl sites for hydroxylation is 2. The van der Waals surface area contributed by atoms with Gasteiger partial charge < -0.3 is 4.90 Å². The first kappa shape index (κ1) is 15.2. The van der Waals surface area contributed by atoms with Gasteiger partial charge in [-0.15, -0.1) is 11.3 Å². The van der Waals surface area contributed by atoms with Gasteiger partial charge in [0.25, 0.3) is 5.91 Å². The smallest absolute Gasteiger partial charge is 0.277 e. The van der Waals surface area contributed by atoms with Crippen molar-refractivity contribution in [2.45, 2.75) is 24.7 Å². The molecule has 2 aromatic rings. The van der Waals surface area contributed by atoms with Gasteiger partial charge in [-0.25, -0.2) is 13.4 Å². The van der Waals surface area contributed by atoms with Crippen LogP contribution in [0.5, 0.6) is 0 Å². The van der Waals surface area contributed by atoms with Crippen molar-refractivity contribution < 1.29 is 13.2 Å². The molecule has 1 aromatic heterocycles. The van der Waals surface area contributed by atoms with E-state index in [4.69, 9.17) is 0 Å². The van der Waals surface area contributed by atoms with Gasteiger partial charge in [-0.3, -0.25) is 4.79 Å². The molecule has 1 amide bonds. The summed E-state index contributed by atoms with van der Waals surface area (Å²) in [4.78, 5) is 18.8. The molecule has 0 atom stereocenters. The van der Waals surface area contributed by atoms with E-state index in [1.54, 1.807) is 28.5 Å². The fourth-order valence-electron chi connectivity index (χ4n) is 2.62. The molecule has 0 saturated heterocycles. The zero-order valence-electron chi connectivity index (χ0n) is 12.4. The van der Waals surface area contributed by atoms with E-state index >= 15 is 0 Å². The van der Waals surface area contributed by atoms with Crippen LogP contribution in [0.4, 0.5) is 5.69 Å². The van der Waals surface area contributed by atoms with E-state index in [0.717, 1.165) is 29.1 Å². The van der Waals surface area contributed by atoms with Crippen LogP contribution >= 0.6 is 11.3 Å². The van der Waals surface area contributed by atoms with Crippen LogP contribution < -0.4 is 4.90 Å². The molecule has 3 rings (SSSR count). The standard InChI is InChI=1S/C15H16N2O3S2/c1-10-16-13(9-21-10)15(18)17-7-3-4-11-8-12(22(2,19)20)5-6-14(11)17/h5-6,8-9H,3-4,7H2,1-2H3. The maximum Gasteiger partial charge on any atom is 0.277 e. The maximum absolute atomic E-state index is 12.6. The molecule has 0 bridgehead atoms. The lowest BCUT2D eigenvalue weighted by Crippen LogP contribution is -2.35. The molecule has 1 aromatic carbocycles. The van der Waals surface area contributed by atoms with Crippen molar-refractivity contribution in [3.8, 4) is 0 Å². The summed E-state index contributed by atoms with van der Waals surface area (Å²) in [6.45, 7) is 2.49. The third-order valence-electron chi connectivity index (χ3n) is 3.68. The molecule has 0 N–H and O–H groups in total. The normalized spacial score (nSPS) is 14.7. The van der Waals surface area contributed by atoms with Gasteiger partial charge in [0, 0.05) is 23.9 Å². The average Bonchev–Trinajstić information content (AvgIpc) is 2.91. The highest BCUT2D eigenvalue weighted by atomic mass is 32.2. The van der Waals surface area contributed by atoms with E-state index in [-0.39, 0.29) is 5.91 Å².